The third-order valence-electron chi connectivity index (χ3n) is 3.42. The van der Waals surface area contributed by atoms with Crippen LogP contribution in [-0.4, -0.2) is 18.5 Å². The molecule has 1 N–H and O–H groups in total. The Morgan fingerprint density at radius 3 is 2.40 bits per heavy atom. The molecule has 0 radical (unpaired) electrons. The minimum atomic E-state index is -0.350. The molecule has 0 aliphatic carbocycles. The number of halogens is 1. The topological polar surface area (TPSA) is 55.4 Å². The molecule has 0 spiro atoms. The van der Waals surface area contributed by atoms with E-state index in [1.807, 2.05) is 37.3 Å². The smallest absolute Gasteiger partial charge is 0.338 e. The van der Waals surface area contributed by atoms with E-state index >= 15 is 0 Å². The molecule has 0 saturated heterocycles. The number of hydrogen-bond acceptors (Lipinski definition) is 3. The number of esters is 1. The molecule has 4 nitrogen and oxygen atoms in total. The van der Waals surface area contributed by atoms with Crippen LogP contribution in [0.2, 0.25) is 0 Å². The van der Waals surface area contributed by atoms with E-state index in [-0.39, 0.29) is 11.9 Å². The van der Waals surface area contributed by atoms with Crippen LogP contribution in [-0.2, 0) is 9.53 Å². The summed E-state index contributed by atoms with van der Waals surface area (Å²) in [6.45, 7) is 2.46. The van der Waals surface area contributed by atoms with Gasteiger partial charge in [-0.15, -0.1) is 0 Å². The minimum absolute atomic E-state index is 0.262. The number of unbranched alkanes of at least 4 members (excludes halogenated alkanes) is 1. The number of amides is 1. The van der Waals surface area contributed by atoms with Crippen molar-refractivity contribution in [2.45, 2.75) is 19.8 Å². The molecule has 0 aromatic heterocycles. The van der Waals surface area contributed by atoms with Crippen LogP contribution in [0.4, 0.5) is 5.69 Å². The van der Waals surface area contributed by atoms with Crippen molar-refractivity contribution in [3.63, 3.8) is 0 Å². The van der Waals surface area contributed by atoms with Crippen molar-refractivity contribution in [2.75, 3.05) is 11.9 Å². The van der Waals surface area contributed by atoms with Crippen LogP contribution in [0.25, 0.3) is 6.08 Å². The van der Waals surface area contributed by atoms with Crippen LogP contribution in [0.15, 0.2) is 59.1 Å². The molecule has 2 aromatic carbocycles. The Morgan fingerprint density at radius 1 is 1.08 bits per heavy atom. The zero-order valence-electron chi connectivity index (χ0n) is 14.0. The molecular weight excluding hydrogens is 382 g/mol. The van der Waals surface area contributed by atoms with Crippen molar-refractivity contribution in [3.8, 4) is 0 Å². The molecule has 0 bridgehead atoms. The van der Waals surface area contributed by atoms with Crippen LogP contribution in [0, 0.1) is 0 Å². The predicted molar refractivity (Wildman–Crippen MR) is 104 cm³/mol. The maximum absolute atomic E-state index is 12.2. The SMILES string of the molecule is CCCCOC(=O)c1ccc(NC(=O)C(Br)=Cc2ccccc2)cc1. The molecule has 0 heterocycles. The lowest BCUT2D eigenvalue weighted by molar-refractivity contribution is -0.112. The number of anilines is 1. The first-order valence-electron chi connectivity index (χ1n) is 8.11. The Morgan fingerprint density at radius 2 is 1.76 bits per heavy atom. The first-order valence-corrected chi connectivity index (χ1v) is 8.90. The van der Waals surface area contributed by atoms with Crippen molar-refractivity contribution < 1.29 is 14.3 Å². The standard InChI is InChI=1S/C20H20BrNO3/c1-2-3-13-25-20(24)16-9-11-17(12-10-16)22-19(23)18(21)14-15-7-5-4-6-8-15/h4-12,14H,2-3,13H2,1H3,(H,22,23). The van der Waals surface area contributed by atoms with Gasteiger partial charge in [-0.05, 0) is 58.3 Å². The molecule has 25 heavy (non-hydrogen) atoms. The molecular formula is C20H20BrNO3. The molecule has 130 valence electrons. The lowest BCUT2D eigenvalue weighted by Gasteiger charge is -2.07. The van der Waals surface area contributed by atoms with Gasteiger partial charge in [0, 0.05) is 5.69 Å². The van der Waals surface area contributed by atoms with Gasteiger partial charge in [-0.1, -0.05) is 43.7 Å². The summed E-state index contributed by atoms with van der Waals surface area (Å²) in [5.74, 6) is -0.612. The predicted octanol–water partition coefficient (Wildman–Crippen LogP) is 5.02. The second-order valence-corrected chi connectivity index (χ2v) is 6.28. The van der Waals surface area contributed by atoms with Crippen molar-refractivity contribution in [2.24, 2.45) is 0 Å². The van der Waals surface area contributed by atoms with Crippen molar-refractivity contribution in [3.05, 3.63) is 70.2 Å². The van der Waals surface area contributed by atoms with Gasteiger partial charge < -0.3 is 10.1 Å². The Labute approximate surface area is 156 Å². The van der Waals surface area contributed by atoms with Gasteiger partial charge in [-0.25, -0.2) is 4.79 Å². The van der Waals surface area contributed by atoms with E-state index in [1.165, 1.54) is 0 Å². The summed E-state index contributed by atoms with van der Waals surface area (Å²) in [5.41, 5.74) is 2.00. The minimum Gasteiger partial charge on any atom is -0.462 e. The van der Waals surface area contributed by atoms with Gasteiger partial charge in [0.1, 0.15) is 0 Å². The van der Waals surface area contributed by atoms with Gasteiger partial charge in [0.2, 0.25) is 0 Å². The molecule has 0 unspecified atom stereocenters. The number of carbonyl (C=O) groups is 2. The number of hydrogen-bond donors (Lipinski definition) is 1. The number of ether oxygens (including phenoxy) is 1. The highest BCUT2D eigenvalue weighted by molar-refractivity contribution is 9.12. The summed E-state index contributed by atoms with van der Waals surface area (Å²) in [4.78, 5) is 24.0. The molecule has 1 amide bonds. The molecule has 0 aliphatic rings. The highest BCUT2D eigenvalue weighted by atomic mass is 79.9. The third kappa shape index (κ3) is 6.19. The maximum atomic E-state index is 12.2. The number of nitrogens with one attached hydrogen (secondary N) is 1. The van der Waals surface area contributed by atoms with Gasteiger partial charge in [0.25, 0.3) is 5.91 Å². The Bertz CT molecular complexity index is 739. The molecule has 0 saturated carbocycles. The van der Waals surface area contributed by atoms with Gasteiger partial charge in [0.15, 0.2) is 0 Å². The molecule has 2 aromatic rings. The average Bonchev–Trinajstić information content (AvgIpc) is 2.63. The maximum Gasteiger partial charge on any atom is 0.338 e. The largest absolute Gasteiger partial charge is 0.462 e. The normalized spacial score (nSPS) is 11.0. The molecule has 0 atom stereocenters. The summed E-state index contributed by atoms with van der Waals surface area (Å²) >= 11 is 3.29. The number of benzene rings is 2. The van der Waals surface area contributed by atoms with Gasteiger partial charge in [-0.3, -0.25) is 4.79 Å². The van der Waals surface area contributed by atoms with Crippen molar-refractivity contribution >= 4 is 39.6 Å². The summed E-state index contributed by atoms with van der Waals surface area (Å²) in [6.07, 6.45) is 3.57. The highest BCUT2D eigenvalue weighted by Crippen LogP contribution is 2.16. The fraction of sp³-hybridized carbons (Fsp3) is 0.200. The van der Waals surface area contributed by atoms with Crippen molar-refractivity contribution in [1.82, 2.24) is 0 Å². The van der Waals surface area contributed by atoms with E-state index in [2.05, 4.69) is 21.2 Å². The van der Waals surface area contributed by atoms with E-state index in [0.717, 1.165) is 18.4 Å². The van der Waals surface area contributed by atoms with Crippen LogP contribution < -0.4 is 5.32 Å². The van der Waals surface area contributed by atoms with E-state index in [9.17, 15) is 9.59 Å². The lowest BCUT2D eigenvalue weighted by atomic mass is 10.2. The Hall–Kier alpha value is -2.40. The molecule has 2 rings (SSSR count). The van der Waals surface area contributed by atoms with Gasteiger partial charge >= 0.3 is 5.97 Å². The van der Waals surface area contributed by atoms with E-state index < -0.39 is 0 Å². The second kappa shape index (κ2) is 9.79. The summed E-state index contributed by atoms with van der Waals surface area (Å²) in [6, 6.07) is 16.2. The summed E-state index contributed by atoms with van der Waals surface area (Å²) in [7, 11) is 0. The Balaban J connectivity index is 1.95. The zero-order chi connectivity index (χ0) is 18.1. The lowest BCUT2D eigenvalue weighted by Crippen LogP contribution is -2.11. The summed E-state index contributed by atoms with van der Waals surface area (Å²) < 4.78 is 5.57. The first-order chi connectivity index (χ1) is 12.1. The fourth-order valence-corrected chi connectivity index (χ4v) is 2.40. The number of carbonyl (C=O) groups excluding carboxylic acids is 2. The van der Waals surface area contributed by atoms with Crippen LogP contribution in [0.5, 0.6) is 0 Å². The van der Waals surface area contributed by atoms with E-state index in [4.69, 9.17) is 4.74 Å². The third-order valence-corrected chi connectivity index (χ3v) is 4.01. The van der Waals surface area contributed by atoms with Gasteiger partial charge in [0.05, 0.1) is 16.7 Å². The van der Waals surface area contributed by atoms with Gasteiger partial charge in [-0.2, -0.15) is 0 Å². The van der Waals surface area contributed by atoms with E-state index in [0.29, 0.717) is 22.3 Å². The average molecular weight is 402 g/mol. The molecule has 0 fully saturated rings. The zero-order valence-corrected chi connectivity index (χ0v) is 15.6. The monoisotopic (exact) mass is 401 g/mol. The Kier molecular flexibility index (Phi) is 7.41. The quantitative estimate of drug-likeness (QED) is 0.402. The van der Waals surface area contributed by atoms with Crippen LogP contribution in [0.1, 0.15) is 35.7 Å². The van der Waals surface area contributed by atoms with Crippen LogP contribution in [0.3, 0.4) is 0 Å². The second-order valence-electron chi connectivity index (χ2n) is 5.42. The first kappa shape index (κ1) is 18.9. The van der Waals surface area contributed by atoms with Crippen molar-refractivity contribution in [1.29, 1.82) is 0 Å². The summed E-state index contributed by atoms with van der Waals surface area (Å²) in [5, 5.41) is 2.77. The fourth-order valence-electron chi connectivity index (χ4n) is 2.03. The van der Waals surface area contributed by atoms with E-state index in [1.54, 1.807) is 30.3 Å². The molecule has 5 heteroatoms. The molecule has 0 aliphatic heterocycles. The van der Waals surface area contributed by atoms with Crippen LogP contribution >= 0.6 is 15.9 Å². The number of rotatable bonds is 7. The highest BCUT2D eigenvalue weighted by Gasteiger charge is 2.09.